The predicted molar refractivity (Wildman–Crippen MR) is 121 cm³/mol. The summed E-state index contributed by atoms with van der Waals surface area (Å²) in [4.78, 5) is 27.9. The van der Waals surface area contributed by atoms with Gasteiger partial charge >= 0.3 is 5.97 Å². The van der Waals surface area contributed by atoms with Crippen LogP contribution >= 0.6 is 0 Å². The molecule has 1 saturated heterocycles. The molecule has 4 atom stereocenters. The van der Waals surface area contributed by atoms with Crippen LogP contribution in [0.25, 0.3) is 0 Å². The predicted octanol–water partition coefficient (Wildman–Crippen LogP) is 4.56. The van der Waals surface area contributed by atoms with Crippen LogP contribution in [-0.2, 0) is 25.3 Å². The largest absolute Gasteiger partial charge is 0.465 e. The molecule has 30 heavy (non-hydrogen) atoms. The summed E-state index contributed by atoms with van der Waals surface area (Å²) in [5.74, 6) is -0.117. The van der Waals surface area contributed by atoms with Gasteiger partial charge in [0.05, 0.1) is 12.7 Å². The van der Waals surface area contributed by atoms with E-state index in [1.54, 1.807) is 0 Å². The van der Waals surface area contributed by atoms with Gasteiger partial charge in [0.15, 0.2) is 8.32 Å². The number of carbonyl (C=O) groups excluding carboxylic acids is 2. The fourth-order valence-corrected chi connectivity index (χ4v) is 5.92. The molecule has 1 heterocycles. The van der Waals surface area contributed by atoms with E-state index in [0.29, 0.717) is 26.0 Å². The molecule has 1 saturated carbocycles. The van der Waals surface area contributed by atoms with E-state index in [-0.39, 0.29) is 34.9 Å². The Bertz CT molecular complexity index is 758. The van der Waals surface area contributed by atoms with Gasteiger partial charge in [-0.25, -0.2) is 0 Å². The van der Waals surface area contributed by atoms with E-state index < -0.39 is 14.4 Å². The summed E-state index contributed by atoms with van der Waals surface area (Å²) < 4.78 is 12.3. The van der Waals surface area contributed by atoms with Gasteiger partial charge in [-0.15, -0.1) is 0 Å². The van der Waals surface area contributed by atoms with Crippen LogP contribution < -0.4 is 0 Å². The molecule has 1 aliphatic heterocycles. The van der Waals surface area contributed by atoms with Crippen molar-refractivity contribution in [1.82, 2.24) is 4.90 Å². The second-order valence-corrected chi connectivity index (χ2v) is 14.9. The van der Waals surface area contributed by atoms with Gasteiger partial charge in [-0.3, -0.25) is 14.5 Å². The number of hydrogen-bond acceptors (Lipinski definition) is 5. The zero-order valence-electron chi connectivity index (χ0n) is 19.3. The van der Waals surface area contributed by atoms with Gasteiger partial charge in [-0.05, 0) is 43.5 Å². The van der Waals surface area contributed by atoms with E-state index in [4.69, 9.17) is 9.16 Å². The zero-order valence-corrected chi connectivity index (χ0v) is 20.3. The van der Waals surface area contributed by atoms with Crippen molar-refractivity contribution in [2.75, 3.05) is 6.61 Å². The first-order valence-corrected chi connectivity index (χ1v) is 14.1. The number of benzene rings is 1. The highest BCUT2D eigenvalue weighted by atomic mass is 28.4. The fourth-order valence-electron chi connectivity index (χ4n) is 4.55. The third kappa shape index (κ3) is 4.71. The molecule has 0 unspecified atom stereocenters. The molecule has 5 nitrogen and oxygen atoms in total. The molecule has 1 aliphatic carbocycles. The molecule has 0 amide bonds. The van der Waals surface area contributed by atoms with Crippen LogP contribution in [-0.4, -0.2) is 49.8 Å². The molecule has 2 fully saturated rings. The summed E-state index contributed by atoms with van der Waals surface area (Å²) in [6.07, 6.45) is 1.77. The fraction of sp³-hybridized carbons (Fsp3) is 0.667. The Morgan fingerprint density at radius 3 is 2.47 bits per heavy atom. The summed E-state index contributed by atoms with van der Waals surface area (Å²) in [7, 11) is -2.01. The van der Waals surface area contributed by atoms with E-state index in [2.05, 4.69) is 50.9 Å². The van der Waals surface area contributed by atoms with E-state index in [1.165, 1.54) is 0 Å². The van der Waals surface area contributed by atoms with Crippen molar-refractivity contribution >= 4 is 20.1 Å². The summed E-state index contributed by atoms with van der Waals surface area (Å²) in [6, 6.07) is 9.69. The van der Waals surface area contributed by atoms with Gasteiger partial charge in [0, 0.05) is 24.9 Å². The lowest BCUT2D eigenvalue weighted by Crippen LogP contribution is -2.55. The summed E-state index contributed by atoms with van der Waals surface area (Å²) in [5.41, 5.74) is 1.14. The number of likely N-dealkylation sites (tertiary alicyclic amines) is 1. The Kier molecular flexibility index (Phi) is 6.90. The molecule has 0 spiro atoms. The van der Waals surface area contributed by atoms with Crippen LogP contribution in [0.15, 0.2) is 30.3 Å². The van der Waals surface area contributed by atoms with Crippen LogP contribution in [0.1, 0.15) is 52.5 Å². The summed E-state index contributed by atoms with van der Waals surface area (Å²) in [6.45, 7) is 14.0. The van der Waals surface area contributed by atoms with Crippen molar-refractivity contribution in [2.45, 2.75) is 89.8 Å². The van der Waals surface area contributed by atoms with Gasteiger partial charge in [0.2, 0.25) is 0 Å². The minimum atomic E-state index is -2.01. The van der Waals surface area contributed by atoms with Gasteiger partial charge in [0.1, 0.15) is 11.8 Å². The SMILES string of the molecule is CCOC(=O)[C@@H]1C[C@H]2C(=O)CC[C@H](O[Si](C)(C)C(C)(C)C)[C@H]2N1Cc1ccccc1. The number of fused-ring (bicyclic) bond motifs is 1. The number of rotatable bonds is 6. The maximum atomic E-state index is 12.9. The van der Waals surface area contributed by atoms with Crippen LogP contribution in [0, 0.1) is 5.92 Å². The highest BCUT2D eigenvalue weighted by molar-refractivity contribution is 6.74. The van der Waals surface area contributed by atoms with Crippen molar-refractivity contribution in [3.05, 3.63) is 35.9 Å². The highest BCUT2D eigenvalue weighted by Gasteiger charge is 2.54. The van der Waals surface area contributed by atoms with Gasteiger partial charge < -0.3 is 9.16 Å². The molecule has 166 valence electrons. The normalized spacial score (nSPS) is 27.7. The van der Waals surface area contributed by atoms with E-state index in [1.807, 2.05) is 25.1 Å². The zero-order chi connectivity index (χ0) is 22.1. The number of carbonyl (C=O) groups is 2. The molecule has 3 rings (SSSR count). The smallest absolute Gasteiger partial charge is 0.323 e. The van der Waals surface area contributed by atoms with Gasteiger partial charge in [-0.2, -0.15) is 0 Å². The third-order valence-electron chi connectivity index (χ3n) is 7.16. The van der Waals surface area contributed by atoms with Gasteiger partial charge in [-0.1, -0.05) is 51.1 Å². The van der Waals surface area contributed by atoms with Crippen molar-refractivity contribution in [3.8, 4) is 0 Å². The standard InChI is InChI=1S/C24H37NO4Si/c1-7-28-23(27)19-15-18-20(26)13-14-21(29-30(5,6)24(2,3)4)22(18)25(19)16-17-11-9-8-10-12-17/h8-12,18-19,21-22H,7,13-16H2,1-6H3/t18-,19-,21-,22-/m0/s1. The lowest BCUT2D eigenvalue weighted by Gasteiger charge is -2.45. The molecule has 0 radical (unpaired) electrons. The average Bonchev–Trinajstić information content (AvgIpc) is 3.04. The van der Waals surface area contributed by atoms with Crippen LogP contribution in [0.4, 0.5) is 0 Å². The molecule has 2 aliphatic rings. The maximum Gasteiger partial charge on any atom is 0.323 e. The van der Waals surface area contributed by atoms with Gasteiger partial charge in [0.25, 0.3) is 0 Å². The highest BCUT2D eigenvalue weighted by Crippen LogP contribution is 2.44. The van der Waals surface area contributed by atoms with E-state index in [9.17, 15) is 9.59 Å². The minimum Gasteiger partial charge on any atom is -0.465 e. The number of Topliss-reactive ketones (excluding diaryl/α,β-unsaturated/α-hetero) is 1. The first-order valence-electron chi connectivity index (χ1n) is 11.2. The van der Waals surface area contributed by atoms with E-state index >= 15 is 0 Å². The topological polar surface area (TPSA) is 55.8 Å². The summed E-state index contributed by atoms with van der Waals surface area (Å²) in [5, 5.41) is 0.0906. The Labute approximate surface area is 182 Å². The first kappa shape index (κ1) is 23.2. The Morgan fingerprint density at radius 1 is 1.20 bits per heavy atom. The second kappa shape index (κ2) is 8.93. The number of hydrogen-bond donors (Lipinski definition) is 0. The second-order valence-electron chi connectivity index (χ2n) is 10.2. The summed E-state index contributed by atoms with van der Waals surface area (Å²) >= 11 is 0. The van der Waals surface area contributed by atoms with Crippen LogP contribution in [0.3, 0.4) is 0 Å². The maximum absolute atomic E-state index is 12.9. The Hall–Kier alpha value is -1.50. The Balaban J connectivity index is 1.94. The monoisotopic (exact) mass is 431 g/mol. The van der Waals surface area contributed by atoms with Crippen molar-refractivity contribution in [1.29, 1.82) is 0 Å². The Morgan fingerprint density at radius 2 is 1.87 bits per heavy atom. The molecule has 6 heteroatoms. The minimum absolute atomic E-state index is 0.0308. The molecule has 0 aromatic heterocycles. The van der Waals surface area contributed by atoms with E-state index in [0.717, 1.165) is 12.0 Å². The molecule has 1 aromatic rings. The average molecular weight is 432 g/mol. The van der Waals surface area contributed by atoms with Crippen LogP contribution in [0.5, 0.6) is 0 Å². The molecule has 0 N–H and O–H groups in total. The number of nitrogens with zero attached hydrogens (tertiary/aromatic N) is 1. The quantitative estimate of drug-likeness (QED) is 0.488. The first-order chi connectivity index (χ1) is 14.0. The molecule has 1 aromatic carbocycles. The van der Waals surface area contributed by atoms with Crippen LogP contribution in [0.2, 0.25) is 18.1 Å². The van der Waals surface area contributed by atoms with Crippen molar-refractivity contribution in [3.63, 3.8) is 0 Å². The molecular formula is C24H37NO4Si. The molecular weight excluding hydrogens is 394 g/mol. The van der Waals surface area contributed by atoms with Crippen molar-refractivity contribution in [2.24, 2.45) is 5.92 Å². The molecule has 0 bridgehead atoms. The lowest BCUT2D eigenvalue weighted by molar-refractivity contribution is -0.149. The number of ether oxygens (including phenoxy) is 1. The third-order valence-corrected chi connectivity index (χ3v) is 11.7. The lowest BCUT2D eigenvalue weighted by atomic mass is 9.81. The number of ketones is 1. The number of esters is 1. The van der Waals surface area contributed by atoms with Crippen molar-refractivity contribution < 1.29 is 18.8 Å².